The number of rotatable bonds is 5. The summed E-state index contributed by atoms with van der Waals surface area (Å²) >= 11 is 4.33. The van der Waals surface area contributed by atoms with Gasteiger partial charge in [-0.2, -0.15) is 12.6 Å². The van der Waals surface area contributed by atoms with Crippen molar-refractivity contribution in [3.8, 4) is 0 Å². The molecule has 0 aromatic heterocycles. The van der Waals surface area contributed by atoms with E-state index >= 15 is 0 Å². The van der Waals surface area contributed by atoms with Crippen molar-refractivity contribution >= 4 is 18.6 Å². The molecule has 1 fully saturated rings. The smallest absolute Gasteiger partial charge is 0.194 e. The van der Waals surface area contributed by atoms with Crippen LogP contribution in [0.2, 0.25) is 0 Å². The Hall–Kier alpha value is -0.640. The minimum atomic E-state index is 0.527. The molecule has 2 rings (SSSR count). The first-order valence-electron chi connectivity index (χ1n) is 8.61. The molecule has 2 aliphatic rings. The van der Waals surface area contributed by atoms with Gasteiger partial charge < -0.3 is 10.2 Å². The predicted molar refractivity (Wildman–Crippen MR) is 95.3 cm³/mol. The van der Waals surface area contributed by atoms with Crippen LogP contribution in [-0.2, 0) is 0 Å². The van der Waals surface area contributed by atoms with Gasteiger partial charge in [0.1, 0.15) is 0 Å². The highest BCUT2D eigenvalue weighted by Crippen LogP contribution is 2.21. The number of nitrogens with zero attached hydrogens (tertiary/aromatic N) is 2. The number of allylic oxidation sites excluding steroid dienone is 1. The van der Waals surface area contributed by atoms with Gasteiger partial charge in [-0.05, 0) is 44.3 Å². The van der Waals surface area contributed by atoms with E-state index in [-0.39, 0.29) is 0 Å². The third-order valence-corrected chi connectivity index (χ3v) is 4.81. The second-order valence-corrected chi connectivity index (χ2v) is 6.82. The zero-order valence-electron chi connectivity index (χ0n) is 13.4. The van der Waals surface area contributed by atoms with Crippen LogP contribution >= 0.6 is 12.6 Å². The Morgan fingerprint density at radius 1 is 1.24 bits per heavy atom. The van der Waals surface area contributed by atoms with Gasteiger partial charge in [0, 0.05) is 19.6 Å². The molecule has 1 saturated carbocycles. The number of hydrogen-bond donors (Lipinski definition) is 2. The maximum atomic E-state index is 5.06. The normalized spacial score (nSPS) is 24.1. The molecule has 21 heavy (non-hydrogen) atoms. The summed E-state index contributed by atoms with van der Waals surface area (Å²) in [5, 5.41) is 3.71. The summed E-state index contributed by atoms with van der Waals surface area (Å²) in [6, 6.07) is 1.08. The first-order valence-corrected chi connectivity index (χ1v) is 9.24. The van der Waals surface area contributed by atoms with Gasteiger partial charge in [-0.15, -0.1) is 0 Å². The monoisotopic (exact) mass is 309 g/mol. The lowest BCUT2D eigenvalue weighted by Gasteiger charge is -2.29. The Bertz CT molecular complexity index is 348. The third-order valence-electron chi connectivity index (χ3n) is 4.50. The summed E-state index contributed by atoms with van der Waals surface area (Å²) in [7, 11) is 2.16. The average Bonchev–Trinajstić information content (AvgIpc) is 2.54. The van der Waals surface area contributed by atoms with E-state index in [2.05, 4.69) is 42.0 Å². The fraction of sp³-hybridized carbons (Fsp3) is 0.824. The Morgan fingerprint density at radius 2 is 2.05 bits per heavy atom. The van der Waals surface area contributed by atoms with Crippen LogP contribution in [0, 0.1) is 0 Å². The molecule has 0 heterocycles. The first kappa shape index (κ1) is 16.7. The molecule has 0 aromatic rings. The largest absolute Gasteiger partial charge is 0.353 e. The second kappa shape index (κ2) is 9.39. The van der Waals surface area contributed by atoms with Crippen molar-refractivity contribution in [3.63, 3.8) is 0 Å². The topological polar surface area (TPSA) is 27.6 Å². The molecule has 0 saturated heterocycles. The van der Waals surface area contributed by atoms with Crippen molar-refractivity contribution in [1.29, 1.82) is 0 Å². The lowest BCUT2D eigenvalue weighted by atomic mass is 9.96. The summed E-state index contributed by atoms with van der Waals surface area (Å²) in [6.07, 6.45) is 15.8. The molecule has 0 aromatic carbocycles. The average molecular weight is 310 g/mol. The molecule has 3 nitrogen and oxygen atoms in total. The van der Waals surface area contributed by atoms with Crippen LogP contribution in [0.5, 0.6) is 0 Å². The van der Waals surface area contributed by atoms with Crippen LogP contribution in [0.25, 0.3) is 0 Å². The van der Waals surface area contributed by atoms with Gasteiger partial charge in [0.05, 0.1) is 6.04 Å². The molecule has 0 spiro atoms. The van der Waals surface area contributed by atoms with Crippen molar-refractivity contribution in [3.05, 3.63) is 12.2 Å². The van der Waals surface area contributed by atoms with Crippen LogP contribution < -0.4 is 5.32 Å². The van der Waals surface area contributed by atoms with Crippen molar-refractivity contribution in [2.24, 2.45) is 4.99 Å². The van der Waals surface area contributed by atoms with E-state index in [0.717, 1.165) is 31.1 Å². The van der Waals surface area contributed by atoms with Gasteiger partial charge >= 0.3 is 0 Å². The van der Waals surface area contributed by atoms with Gasteiger partial charge in [0.15, 0.2) is 5.96 Å². The van der Waals surface area contributed by atoms with Crippen LogP contribution in [-0.4, -0.2) is 42.3 Å². The summed E-state index contributed by atoms with van der Waals surface area (Å²) in [4.78, 5) is 7.36. The fourth-order valence-corrected chi connectivity index (χ4v) is 3.29. The van der Waals surface area contributed by atoms with Crippen molar-refractivity contribution in [2.45, 2.75) is 69.9 Å². The van der Waals surface area contributed by atoms with Gasteiger partial charge in [0.25, 0.3) is 0 Å². The summed E-state index contributed by atoms with van der Waals surface area (Å²) in [6.45, 7) is 1.03. The minimum absolute atomic E-state index is 0.527. The van der Waals surface area contributed by atoms with Gasteiger partial charge in [0.2, 0.25) is 0 Å². The molecule has 120 valence electrons. The van der Waals surface area contributed by atoms with Crippen molar-refractivity contribution in [1.82, 2.24) is 10.2 Å². The predicted octanol–water partition coefficient (Wildman–Crippen LogP) is 3.63. The van der Waals surface area contributed by atoms with Gasteiger partial charge in [-0.25, -0.2) is 4.99 Å². The quantitative estimate of drug-likeness (QED) is 0.351. The molecule has 2 aliphatic carbocycles. The van der Waals surface area contributed by atoms with Gasteiger partial charge in [-0.3, -0.25) is 0 Å². The standard InChI is InChI=1S/C17H31N3S/c1-20(13-8-14-21)17(18-15-9-4-2-5-10-15)19-16-11-6-3-7-12-16/h2,4,15-16,21H,3,5-14H2,1H3,(H,18,19). The summed E-state index contributed by atoms with van der Waals surface area (Å²) < 4.78 is 0. The highest BCUT2D eigenvalue weighted by molar-refractivity contribution is 7.80. The third kappa shape index (κ3) is 5.93. The van der Waals surface area contributed by atoms with E-state index in [1.165, 1.54) is 44.9 Å². The molecular formula is C17H31N3S. The molecule has 0 amide bonds. The minimum Gasteiger partial charge on any atom is -0.353 e. The highest BCUT2D eigenvalue weighted by Gasteiger charge is 2.18. The van der Waals surface area contributed by atoms with Crippen LogP contribution in [0.15, 0.2) is 17.1 Å². The van der Waals surface area contributed by atoms with E-state index in [9.17, 15) is 0 Å². The molecular weight excluding hydrogens is 278 g/mol. The maximum Gasteiger partial charge on any atom is 0.194 e. The fourth-order valence-electron chi connectivity index (χ4n) is 3.15. The molecule has 1 unspecified atom stereocenters. The van der Waals surface area contributed by atoms with Gasteiger partial charge in [-0.1, -0.05) is 31.4 Å². The number of nitrogens with one attached hydrogen (secondary N) is 1. The molecule has 1 atom stereocenters. The summed E-state index contributed by atoms with van der Waals surface area (Å²) in [5.41, 5.74) is 0. The Kier molecular flexibility index (Phi) is 7.48. The van der Waals surface area contributed by atoms with Crippen LogP contribution in [0.4, 0.5) is 0 Å². The number of thiol groups is 1. The van der Waals surface area contributed by atoms with Crippen LogP contribution in [0.1, 0.15) is 57.8 Å². The molecule has 0 radical (unpaired) electrons. The molecule has 0 bridgehead atoms. The van der Waals surface area contributed by atoms with E-state index in [1.807, 2.05) is 0 Å². The number of guanidine groups is 1. The van der Waals surface area contributed by atoms with E-state index < -0.39 is 0 Å². The Balaban J connectivity index is 1.97. The van der Waals surface area contributed by atoms with E-state index in [1.54, 1.807) is 0 Å². The zero-order chi connectivity index (χ0) is 14.9. The number of hydrogen-bond acceptors (Lipinski definition) is 2. The first-order chi connectivity index (χ1) is 10.3. The van der Waals surface area contributed by atoms with Crippen molar-refractivity contribution < 1.29 is 0 Å². The SMILES string of the molecule is CN(CCCS)C(=NC1CCCCC1)NC1CC=CCC1. The van der Waals surface area contributed by atoms with Crippen LogP contribution in [0.3, 0.4) is 0 Å². The number of aliphatic imine (C=N–C) groups is 1. The Labute approximate surface area is 135 Å². The lowest BCUT2D eigenvalue weighted by Crippen LogP contribution is -2.45. The molecule has 0 aliphatic heterocycles. The maximum absolute atomic E-state index is 5.06. The zero-order valence-corrected chi connectivity index (χ0v) is 14.3. The summed E-state index contributed by atoms with van der Waals surface area (Å²) in [5.74, 6) is 2.05. The lowest BCUT2D eigenvalue weighted by molar-refractivity contribution is 0.414. The highest BCUT2D eigenvalue weighted by atomic mass is 32.1. The van der Waals surface area contributed by atoms with E-state index in [0.29, 0.717) is 12.1 Å². The second-order valence-electron chi connectivity index (χ2n) is 6.37. The molecule has 1 N–H and O–H groups in total. The van der Waals surface area contributed by atoms with Crippen molar-refractivity contribution in [2.75, 3.05) is 19.3 Å². The Morgan fingerprint density at radius 3 is 2.71 bits per heavy atom. The van der Waals surface area contributed by atoms with E-state index in [4.69, 9.17) is 4.99 Å². The molecule has 4 heteroatoms.